The van der Waals surface area contributed by atoms with Crippen molar-refractivity contribution < 1.29 is 26.9 Å². The molecule has 1 amide bonds. The van der Waals surface area contributed by atoms with Crippen LogP contribution in [0, 0.1) is 0 Å². The van der Waals surface area contributed by atoms with Crippen molar-refractivity contribution in [1.29, 1.82) is 0 Å². The van der Waals surface area contributed by atoms with Crippen molar-refractivity contribution in [3.05, 3.63) is 80.7 Å². The fourth-order valence-corrected chi connectivity index (χ4v) is 5.26. The Hall–Kier alpha value is -2.89. The molecule has 0 atom stereocenters. The minimum absolute atomic E-state index is 0.00520. The normalized spacial score (nSPS) is 11.3. The van der Waals surface area contributed by atoms with E-state index in [4.69, 9.17) is 13.7 Å². The highest BCUT2D eigenvalue weighted by Crippen LogP contribution is 2.34. The molecule has 178 valence electrons. The molecule has 0 bridgehead atoms. The molecule has 0 saturated carbocycles. The number of hydrogen-bond acceptors (Lipinski definition) is 7. The quantitative estimate of drug-likeness (QED) is 0.204. The molecule has 0 aromatic heterocycles. The van der Waals surface area contributed by atoms with Crippen LogP contribution in [0.1, 0.15) is 22.8 Å². The maximum atomic E-state index is 12.7. The van der Waals surface area contributed by atoms with Crippen LogP contribution in [0.15, 0.2) is 79.6 Å². The predicted molar refractivity (Wildman–Crippen MR) is 135 cm³/mol. The van der Waals surface area contributed by atoms with Crippen molar-refractivity contribution in [2.45, 2.75) is 11.8 Å². The highest BCUT2D eigenvalue weighted by Gasteiger charge is 2.20. The Bertz CT molecular complexity index is 1310. The summed E-state index contributed by atoms with van der Waals surface area (Å²) in [6.07, 6.45) is 1.29. The van der Waals surface area contributed by atoms with Gasteiger partial charge < -0.3 is 13.7 Å². The monoisotopic (exact) mass is 610 g/mol. The Morgan fingerprint density at radius 3 is 2.47 bits per heavy atom. The van der Waals surface area contributed by atoms with E-state index >= 15 is 0 Å². The van der Waals surface area contributed by atoms with Crippen molar-refractivity contribution in [1.82, 2.24) is 5.43 Å². The first-order valence-electron chi connectivity index (χ1n) is 9.88. The SMILES string of the molecule is CCOc1cc(C(=O)N/N=C/c2cc(Br)cc(Br)c2OS(=O)(=O)c2ccccc2)ccc1OC. The number of hydrogen-bond donors (Lipinski definition) is 1. The molecule has 0 heterocycles. The van der Waals surface area contributed by atoms with Gasteiger partial charge in [0.05, 0.1) is 24.4 Å². The van der Waals surface area contributed by atoms with Gasteiger partial charge in [0.15, 0.2) is 17.2 Å². The highest BCUT2D eigenvalue weighted by molar-refractivity contribution is 9.11. The Morgan fingerprint density at radius 1 is 1.06 bits per heavy atom. The molecule has 0 spiro atoms. The number of benzene rings is 3. The molecule has 1 N–H and O–H groups in total. The van der Waals surface area contributed by atoms with Gasteiger partial charge in [-0.1, -0.05) is 34.1 Å². The maximum absolute atomic E-state index is 12.7. The number of nitrogens with zero attached hydrogens (tertiary/aromatic N) is 1. The van der Waals surface area contributed by atoms with Gasteiger partial charge in [0.1, 0.15) is 4.90 Å². The van der Waals surface area contributed by atoms with E-state index in [-0.39, 0.29) is 10.6 Å². The molecule has 3 aromatic rings. The minimum Gasteiger partial charge on any atom is -0.493 e. The van der Waals surface area contributed by atoms with E-state index < -0.39 is 16.0 Å². The number of nitrogens with one attached hydrogen (secondary N) is 1. The number of rotatable bonds is 9. The molecule has 0 aliphatic heterocycles. The second kappa shape index (κ2) is 11.5. The Labute approximate surface area is 214 Å². The number of hydrazone groups is 1. The third-order valence-corrected chi connectivity index (χ3v) is 6.64. The van der Waals surface area contributed by atoms with Gasteiger partial charge in [0, 0.05) is 15.6 Å². The molecule has 0 fully saturated rings. The Kier molecular flexibility index (Phi) is 8.70. The summed E-state index contributed by atoms with van der Waals surface area (Å²) in [6.45, 7) is 2.23. The van der Waals surface area contributed by atoms with E-state index in [0.29, 0.717) is 38.2 Å². The molecule has 0 unspecified atom stereocenters. The molecule has 8 nitrogen and oxygen atoms in total. The molecule has 0 saturated heterocycles. The lowest BCUT2D eigenvalue weighted by atomic mass is 10.2. The number of amides is 1. The number of methoxy groups -OCH3 is 1. The van der Waals surface area contributed by atoms with Crippen LogP contribution in [0.25, 0.3) is 0 Å². The molecule has 0 aliphatic rings. The lowest BCUT2D eigenvalue weighted by Gasteiger charge is -2.12. The summed E-state index contributed by atoms with van der Waals surface area (Å²) in [5.74, 6) is 0.461. The van der Waals surface area contributed by atoms with Gasteiger partial charge in [-0.2, -0.15) is 13.5 Å². The second-order valence-electron chi connectivity index (χ2n) is 6.65. The zero-order valence-corrected chi connectivity index (χ0v) is 22.1. The zero-order chi connectivity index (χ0) is 24.7. The second-order valence-corrected chi connectivity index (χ2v) is 9.97. The van der Waals surface area contributed by atoms with Crippen molar-refractivity contribution in [2.24, 2.45) is 5.10 Å². The smallest absolute Gasteiger partial charge is 0.339 e. The minimum atomic E-state index is -4.09. The molecule has 0 aliphatic carbocycles. The fraction of sp³-hybridized carbons (Fsp3) is 0.130. The first kappa shape index (κ1) is 25.7. The summed E-state index contributed by atoms with van der Waals surface area (Å²) in [4.78, 5) is 12.6. The highest BCUT2D eigenvalue weighted by atomic mass is 79.9. The average molecular weight is 612 g/mol. The van der Waals surface area contributed by atoms with Crippen LogP contribution < -0.4 is 19.1 Å². The summed E-state index contributed by atoms with van der Waals surface area (Å²) in [5.41, 5.74) is 3.03. The first-order valence-corrected chi connectivity index (χ1v) is 12.9. The topological polar surface area (TPSA) is 103 Å². The predicted octanol–water partition coefficient (Wildman–Crippen LogP) is 5.15. The zero-order valence-electron chi connectivity index (χ0n) is 18.1. The third-order valence-electron chi connectivity index (χ3n) is 4.36. The number of halogens is 2. The van der Waals surface area contributed by atoms with E-state index in [9.17, 15) is 13.2 Å². The summed E-state index contributed by atoms with van der Waals surface area (Å²) >= 11 is 6.68. The van der Waals surface area contributed by atoms with Crippen molar-refractivity contribution in [3.8, 4) is 17.2 Å². The molecule has 3 rings (SSSR count). The summed E-state index contributed by atoms with van der Waals surface area (Å²) in [7, 11) is -2.58. The van der Waals surface area contributed by atoms with Crippen LogP contribution in [0.2, 0.25) is 0 Å². The molecule has 0 radical (unpaired) electrons. The lowest BCUT2D eigenvalue weighted by molar-refractivity contribution is 0.0954. The van der Waals surface area contributed by atoms with Gasteiger partial charge in [-0.3, -0.25) is 4.79 Å². The maximum Gasteiger partial charge on any atom is 0.339 e. The lowest BCUT2D eigenvalue weighted by Crippen LogP contribution is -2.18. The molecular formula is C23H20Br2N2O6S. The Morgan fingerprint density at radius 2 is 1.79 bits per heavy atom. The van der Waals surface area contributed by atoms with Gasteiger partial charge in [-0.25, -0.2) is 5.43 Å². The van der Waals surface area contributed by atoms with Gasteiger partial charge in [0.25, 0.3) is 5.91 Å². The molecule has 3 aromatic carbocycles. The van der Waals surface area contributed by atoms with Gasteiger partial charge in [-0.15, -0.1) is 0 Å². The van der Waals surface area contributed by atoms with Crippen molar-refractivity contribution in [3.63, 3.8) is 0 Å². The van der Waals surface area contributed by atoms with Crippen LogP contribution in [0.5, 0.6) is 17.2 Å². The van der Waals surface area contributed by atoms with Crippen LogP contribution in [-0.2, 0) is 10.1 Å². The molecule has 11 heteroatoms. The fourth-order valence-electron chi connectivity index (χ4n) is 2.82. The standard InChI is InChI=1S/C23H20Br2N2O6S/c1-3-32-21-12-15(9-10-20(21)31-2)23(28)27-26-14-16-11-17(24)13-19(25)22(16)33-34(29,30)18-7-5-4-6-8-18/h4-14H,3H2,1-2H3,(H,27,28)/b26-14+. The van der Waals surface area contributed by atoms with Crippen LogP contribution >= 0.6 is 31.9 Å². The van der Waals surface area contributed by atoms with E-state index in [1.807, 2.05) is 6.92 Å². The van der Waals surface area contributed by atoms with Crippen LogP contribution in [0.3, 0.4) is 0 Å². The van der Waals surface area contributed by atoms with Crippen LogP contribution in [-0.4, -0.2) is 34.3 Å². The molecule has 34 heavy (non-hydrogen) atoms. The number of ether oxygens (including phenoxy) is 2. The number of carbonyl (C=O) groups excluding carboxylic acids is 1. The van der Waals surface area contributed by atoms with E-state index in [1.54, 1.807) is 48.5 Å². The van der Waals surface area contributed by atoms with E-state index in [2.05, 4.69) is 42.4 Å². The molecular weight excluding hydrogens is 592 g/mol. The van der Waals surface area contributed by atoms with Gasteiger partial charge in [-0.05, 0) is 65.3 Å². The summed E-state index contributed by atoms with van der Waals surface area (Å²) in [6, 6.07) is 15.7. The largest absolute Gasteiger partial charge is 0.493 e. The van der Waals surface area contributed by atoms with E-state index in [0.717, 1.165) is 0 Å². The third kappa shape index (κ3) is 6.37. The average Bonchev–Trinajstić information content (AvgIpc) is 2.82. The first-order chi connectivity index (χ1) is 16.2. The van der Waals surface area contributed by atoms with Gasteiger partial charge >= 0.3 is 10.1 Å². The summed E-state index contributed by atoms with van der Waals surface area (Å²) in [5, 5.41) is 3.97. The summed E-state index contributed by atoms with van der Waals surface area (Å²) < 4.78 is 42.5. The van der Waals surface area contributed by atoms with Crippen molar-refractivity contribution >= 4 is 54.1 Å². The Balaban J connectivity index is 1.84. The van der Waals surface area contributed by atoms with Gasteiger partial charge in [0.2, 0.25) is 0 Å². The van der Waals surface area contributed by atoms with Crippen molar-refractivity contribution in [2.75, 3.05) is 13.7 Å². The van der Waals surface area contributed by atoms with Crippen LogP contribution in [0.4, 0.5) is 0 Å². The van der Waals surface area contributed by atoms with E-state index in [1.165, 1.54) is 25.5 Å². The number of carbonyl (C=O) groups is 1.